The monoisotopic (exact) mass is 255 g/mol. The van der Waals surface area contributed by atoms with Crippen molar-refractivity contribution in [1.82, 2.24) is 15.3 Å². The van der Waals surface area contributed by atoms with Gasteiger partial charge in [0.15, 0.2) is 0 Å². The maximum atomic E-state index is 9.48. The van der Waals surface area contributed by atoms with Gasteiger partial charge in [-0.25, -0.2) is 0 Å². The predicted octanol–water partition coefficient (Wildman–Crippen LogP) is 2.27. The second kappa shape index (κ2) is 4.97. The lowest BCUT2D eigenvalue weighted by atomic mass is 10.1. The van der Waals surface area contributed by atoms with Gasteiger partial charge in [-0.05, 0) is 43.0 Å². The van der Waals surface area contributed by atoms with Gasteiger partial charge in [-0.3, -0.25) is 9.97 Å². The summed E-state index contributed by atoms with van der Waals surface area (Å²) in [5.41, 5.74) is 4.42. The lowest BCUT2D eigenvalue weighted by Crippen LogP contribution is -2.19. The molecule has 1 heterocycles. The fraction of sp³-hybridized carbons (Fsp3) is 0.333. The Hall–Kier alpha value is -1.94. The molecule has 0 saturated heterocycles. The second-order valence-electron chi connectivity index (χ2n) is 5.00. The molecule has 0 bridgehead atoms. The SMILES string of the molecule is Cc1cnc(CNC2CCc3cc(O)ccc32)cn1. The maximum absolute atomic E-state index is 9.48. The average Bonchev–Trinajstić information content (AvgIpc) is 2.80. The highest BCUT2D eigenvalue weighted by molar-refractivity contribution is 5.40. The third-order valence-corrected chi connectivity index (χ3v) is 3.57. The highest BCUT2D eigenvalue weighted by Crippen LogP contribution is 2.33. The number of nitrogens with one attached hydrogen (secondary N) is 1. The average molecular weight is 255 g/mol. The Bertz CT molecular complexity index is 580. The van der Waals surface area contributed by atoms with Crippen molar-refractivity contribution in [3.05, 3.63) is 53.1 Å². The molecule has 0 saturated carbocycles. The predicted molar refractivity (Wildman–Crippen MR) is 72.8 cm³/mol. The number of aromatic nitrogens is 2. The molecule has 1 aliphatic rings. The zero-order valence-corrected chi connectivity index (χ0v) is 10.9. The minimum absolute atomic E-state index is 0.346. The van der Waals surface area contributed by atoms with E-state index in [1.54, 1.807) is 12.3 Å². The molecule has 1 aromatic heterocycles. The minimum atomic E-state index is 0.346. The number of phenols is 1. The molecule has 1 aliphatic carbocycles. The second-order valence-corrected chi connectivity index (χ2v) is 5.00. The van der Waals surface area contributed by atoms with Crippen LogP contribution in [0.15, 0.2) is 30.6 Å². The van der Waals surface area contributed by atoms with E-state index in [0.29, 0.717) is 11.8 Å². The molecule has 0 radical (unpaired) electrons. The van der Waals surface area contributed by atoms with E-state index in [9.17, 15) is 5.11 Å². The van der Waals surface area contributed by atoms with Gasteiger partial charge in [0.1, 0.15) is 5.75 Å². The van der Waals surface area contributed by atoms with E-state index in [-0.39, 0.29) is 0 Å². The highest BCUT2D eigenvalue weighted by atomic mass is 16.3. The number of hydrogen-bond acceptors (Lipinski definition) is 4. The third kappa shape index (κ3) is 2.58. The summed E-state index contributed by atoms with van der Waals surface area (Å²) in [5.74, 6) is 0.351. The van der Waals surface area contributed by atoms with Crippen LogP contribution in [0, 0.1) is 6.92 Å². The highest BCUT2D eigenvalue weighted by Gasteiger charge is 2.22. The number of phenolic OH excluding ortho intramolecular Hbond substituents is 1. The van der Waals surface area contributed by atoms with Gasteiger partial charge in [-0.15, -0.1) is 0 Å². The first-order valence-electron chi connectivity index (χ1n) is 6.55. The first-order chi connectivity index (χ1) is 9.22. The molecule has 3 rings (SSSR count). The molecule has 0 aliphatic heterocycles. The smallest absolute Gasteiger partial charge is 0.115 e. The van der Waals surface area contributed by atoms with E-state index >= 15 is 0 Å². The molecule has 98 valence electrons. The molecule has 0 amide bonds. The van der Waals surface area contributed by atoms with E-state index in [0.717, 1.165) is 30.8 Å². The van der Waals surface area contributed by atoms with E-state index < -0.39 is 0 Å². The fourth-order valence-corrected chi connectivity index (χ4v) is 2.55. The molecular weight excluding hydrogens is 238 g/mol. The third-order valence-electron chi connectivity index (χ3n) is 3.57. The van der Waals surface area contributed by atoms with Gasteiger partial charge in [0.05, 0.1) is 11.4 Å². The Labute approximate surface area is 112 Å². The van der Waals surface area contributed by atoms with Gasteiger partial charge >= 0.3 is 0 Å². The van der Waals surface area contributed by atoms with Crippen molar-refractivity contribution in [3.63, 3.8) is 0 Å². The molecular formula is C15H17N3O. The van der Waals surface area contributed by atoms with Crippen molar-refractivity contribution in [1.29, 1.82) is 0 Å². The zero-order chi connectivity index (χ0) is 13.2. The number of hydrogen-bond donors (Lipinski definition) is 2. The van der Waals surface area contributed by atoms with Gasteiger partial charge < -0.3 is 10.4 Å². The van der Waals surface area contributed by atoms with Gasteiger partial charge in [-0.1, -0.05) is 6.07 Å². The summed E-state index contributed by atoms with van der Waals surface area (Å²) in [4.78, 5) is 8.59. The quantitative estimate of drug-likeness (QED) is 0.883. The number of benzene rings is 1. The van der Waals surface area contributed by atoms with Gasteiger partial charge in [0, 0.05) is 25.0 Å². The van der Waals surface area contributed by atoms with Crippen molar-refractivity contribution >= 4 is 0 Å². The van der Waals surface area contributed by atoms with Crippen LogP contribution >= 0.6 is 0 Å². The van der Waals surface area contributed by atoms with Gasteiger partial charge in [0.25, 0.3) is 0 Å². The number of aromatic hydroxyl groups is 1. The molecule has 2 aromatic rings. The lowest BCUT2D eigenvalue weighted by molar-refractivity contribution is 0.474. The van der Waals surface area contributed by atoms with Crippen LogP contribution in [0.3, 0.4) is 0 Å². The maximum Gasteiger partial charge on any atom is 0.115 e. The summed E-state index contributed by atoms with van der Waals surface area (Å²) < 4.78 is 0. The minimum Gasteiger partial charge on any atom is -0.508 e. The molecule has 1 aromatic carbocycles. The van der Waals surface area contributed by atoms with Crippen LogP contribution in [-0.2, 0) is 13.0 Å². The first-order valence-corrected chi connectivity index (χ1v) is 6.55. The van der Waals surface area contributed by atoms with Crippen LogP contribution < -0.4 is 5.32 Å². The van der Waals surface area contributed by atoms with Crippen molar-refractivity contribution in [2.24, 2.45) is 0 Å². The van der Waals surface area contributed by atoms with Crippen molar-refractivity contribution in [3.8, 4) is 5.75 Å². The van der Waals surface area contributed by atoms with Gasteiger partial charge in [0.2, 0.25) is 0 Å². The standard InChI is InChI=1S/C15H17N3O/c1-10-7-17-12(8-16-10)9-18-15-5-2-11-6-13(19)3-4-14(11)15/h3-4,6-8,15,18-19H,2,5,9H2,1H3. The van der Waals surface area contributed by atoms with Crippen molar-refractivity contribution < 1.29 is 5.11 Å². The lowest BCUT2D eigenvalue weighted by Gasteiger charge is -2.13. The molecule has 4 nitrogen and oxygen atoms in total. The number of aryl methyl sites for hydroxylation is 2. The summed E-state index contributed by atoms with van der Waals surface area (Å²) >= 11 is 0. The van der Waals surface area contributed by atoms with E-state index in [1.807, 2.05) is 25.3 Å². The Morgan fingerprint density at radius 3 is 3.00 bits per heavy atom. The number of rotatable bonds is 3. The summed E-state index contributed by atoms with van der Waals surface area (Å²) in [6.07, 6.45) is 5.69. The van der Waals surface area contributed by atoms with Gasteiger partial charge in [-0.2, -0.15) is 0 Å². The van der Waals surface area contributed by atoms with Crippen LogP contribution in [-0.4, -0.2) is 15.1 Å². The Morgan fingerprint density at radius 1 is 1.32 bits per heavy atom. The van der Waals surface area contributed by atoms with E-state index in [4.69, 9.17) is 0 Å². The first kappa shape index (κ1) is 12.1. The Morgan fingerprint density at radius 2 is 2.21 bits per heavy atom. The van der Waals surface area contributed by atoms with Crippen molar-refractivity contribution in [2.75, 3.05) is 0 Å². The van der Waals surface area contributed by atoms with Crippen molar-refractivity contribution in [2.45, 2.75) is 32.4 Å². The molecule has 1 unspecified atom stereocenters. The molecule has 2 N–H and O–H groups in total. The Kier molecular flexibility index (Phi) is 3.17. The normalized spacial score (nSPS) is 17.4. The van der Waals surface area contributed by atoms with E-state index in [1.165, 1.54) is 11.1 Å². The van der Waals surface area contributed by atoms with Crippen LogP contribution in [0.25, 0.3) is 0 Å². The summed E-state index contributed by atoms with van der Waals surface area (Å²) in [6.45, 7) is 2.65. The molecule has 1 atom stereocenters. The molecule has 0 spiro atoms. The van der Waals surface area contributed by atoms with E-state index in [2.05, 4.69) is 15.3 Å². The Balaban J connectivity index is 1.68. The summed E-state index contributed by atoms with van der Waals surface area (Å²) in [5, 5.41) is 13.0. The summed E-state index contributed by atoms with van der Waals surface area (Å²) in [7, 11) is 0. The zero-order valence-electron chi connectivity index (χ0n) is 10.9. The fourth-order valence-electron chi connectivity index (χ4n) is 2.55. The van der Waals surface area contributed by atoms with Crippen LogP contribution in [0.5, 0.6) is 5.75 Å². The molecule has 0 fully saturated rings. The number of fused-ring (bicyclic) bond motifs is 1. The largest absolute Gasteiger partial charge is 0.508 e. The topological polar surface area (TPSA) is 58.0 Å². The summed E-state index contributed by atoms with van der Waals surface area (Å²) in [6, 6.07) is 5.97. The molecule has 19 heavy (non-hydrogen) atoms. The van der Waals surface area contributed by atoms with Crippen LogP contribution in [0.4, 0.5) is 0 Å². The molecule has 4 heteroatoms. The van der Waals surface area contributed by atoms with Crippen LogP contribution in [0.1, 0.15) is 35.0 Å². The number of nitrogens with zero attached hydrogens (tertiary/aromatic N) is 2. The van der Waals surface area contributed by atoms with Crippen LogP contribution in [0.2, 0.25) is 0 Å².